The molecule has 0 spiro atoms. The fourth-order valence-electron chi connectivity index (χ4n) is 7.49. The summed E-state index contributed by atoms with van der Waals surface area (Å²) in [6.45, 7) is 4.62. The Morgan fingerprint density at radius 1 is 0.551 bits per heavy atom. The molecule has 0 N–H and O–H groups in total. The van der Waals surface area contributed by atoms with Gasteiger partial charge in [0.1, 0.15) is 0 Å². The smallest absolute Gasteiger partial charge is 0.164 e. The summed E-state index contributed by atoms with van der Waals surface area (Å²) >= 11 is 0. The number of allylic oxidation sites excluding steroid dienone is 4. The summed E-state index contributed by atoms with van der Waals surface area (Å²) in [5.41, 5.74) is 12.2. The zero-order chi connectivity index (χ0) is 33.0. The zero-order valence-electron chi connectivity index (χ0n) is 27.5. The largest absolute Gasteiger partial charge is 0.248 e. The molecule has 4 heteroatoms. The fourth-order valence-corrected chi connectivity index (χ4v) is 7.49. The van der Waals surface area contributed by atoms with Crippen molar-refractivity contribution < 1.29 is 0 Å². The van der Waals surface area contributed by atoms with Crippen LogP contribution in [0, 0.1) is 0 Å². The SMILES string of the molecule is CC1(C)c2ccccc2-c2cc3c(-c4nc(C5=CC=CC(c6ccccc6)C5)nc(-c5ccccc5)n4)cc(-c4ccccc4)nc3cc21. The lowest BCUT2D eigenvalue weighted by Crippen LogP contribution is -2.15. The summed E-state index contributed by atoms with van der Waals surface area (Å²) in [6, 6.07) is 46.8. The first-order valence-electron chi connectivity index (χ1n) is 16.9. The van der Waals surface area contributed by atoms with E-state index in [1.165, 1.54) is 27.8 Å². The predicted octanol–water partition coefficient (Wildman–Crippen LogP) is 10.9. The van der Waals surface area contributed by atoms with Gasteiger partial charge in [-0.1, -0.05) is 147 Å². The summed E-state index contributed by atoms with van der Waals surface area (Å²) in [7, 11) is 0. The molecular weight excluding hydrogens is 597 g/mol. The Bertz CT molecular complexity index is 2430. The molecule has 234 valence electrons. The number of hydrogen-bond acceptors (Lipinski definition) is 4. The van der Waals surface area contributed by atoms with Crippen molar-refractivity contribution in [1.29, 1.82) is 0 Å². The molecule has 2 heterocycles. The molecule has 1 atom stereocenters. The molecule has 0 fully saturated rings. The van der Waals surface area contributed by atoms with Crippen LogP contribution in [0.5, 0.6) is 0 Å². The van der Waals surface area contributed by atoms with E-state index < -0.39 is 0 Å². The average Bonchev–Trinajstić information content (AvgIpc) is 3.39. The normalized spacial score (nSPS) is 15.9. The van der Waals surface area contributed by atoms with E-state index >= 15 is 0 Å². The van der Waals surface area contributed by atoms with Crippen LogP contribution in [0.15, 0.2) is 152 Å². The molecule has 9 rings (SSSR count). The highest BCUT2D eigenvalue weighted by Crippen LogP contribution is 2.50. The Labute approximate surface area is 286 Å². The van der Waals surface area contributed by atoms with Gasteiger partial charge in [0.15, 0.2) is 17.5 Å². The second-order valence-electron chi connectivity index (χ2n) is 13.5. The maximum absolute atomic E-state index is 5.28. The Balaban J connectivity index is 1.28. The number of aromatic nitrogens is 4. The molecule has 0 bridgehead atoms. The van der Waals surface area contributed by atoms with E-state index in [9.17, 15) is 0 Å². The minimum absolute atomic E-state index is 0.137. The van der Waals surface area contributed by atoms with Crippen molar-refractivity contribution in [2.45, 2.75) is 31.6 Å². The molecule has 1 unspecified atom stereocenters. The number of pyridine rings is 1. The summed E-state index contributed by atoms with van der Waals surface area (Å²) in [4.78, 5) is 20.9. The van der Waals surface area contributed by atoms with Crippen LogP contribution in [-0.2, 0) is 5.41 Å². The Hall–Kier alpha value is -6.00. The lowest BCUT2D eigenvalue weighted by Gasteiger charge is -2.22. The van der Waals surface area contributed by atoms with Crippen LogP contribution in [0.1, 0.15) is 48.7 Å². The van der Waals surface area contributed by atoms with Crippen LogP contribution in [0.2, 0.25) is 0 Å². The third-order valence-electron chi connectivity index (χ3n) is 10.1. The third-order valence-corrected chi connectivity index (χ3v) is 10.1. The van der Waals surface area contributed by atoms with Gasteiger partial charge in [0.05, 0.1) is 11.2 Å². The zero-order valence-corrected chi connectivity index (χ0v) is 27.5. The Kier molecular flexibility index (Phi) is 6.91. The van der Waals surface area contributed by atoms with Gasteiger partial charge in [0, 0.05) is 33.4 Å². The molecule has 4 nitrogen and oxygen atoms in total. The molecule has 2 aliphatic rings. The van der Waals surface area contributed by atoms with Crippen LogP contribution in [-0.4, -0.2) is 19.9 Å². The van der Waals surface area contributed by atoms with Crippen molar-refractivity contribution in [3.05, 3.63) is 174 Å². The summed E-state index contributed by atoms with van der Waals surface area (Å²) in [5.74, 6) is 2.25. The highest BCUT2D eigenvalue weighted by molar-refractivity contribution is 6.00. The van der Waals surface area contributed by atoms with Crippen LogP contribution in [0.25, 0.3) is 61.6 Å². The molecule has 2 aliphatic carbocycles. The monoisotopic (exact) mass is 630 g/mol. The molecule has 0 saturated carbocycles. The second kappa shape index (κ2) is 11.6. The van der Waals surface area contributed by atoms with Crippen LogP contribution >= 0.6 is 0 Å². The molecule has 0 amide bonds. The minimum Gasteiger partial charge on any atom is -0.248 e. The quantitative estimate of drug-likeness (QED) is 0.190. The highest BCUT2D eigenvalue weighted by Gasteiger charge is 2.36. The molecular formula is C45H34N4. The van der Waals surface area contributed by atoms with E-state index in [2.05, 4.69) is 141 Å². The van der Waals surface area contributed by atoms with Crippen molar-refractivity contribution in [1.82, 2.24) is 19.9 Å². The molecule has 0 aliphatic heterocycles. The average molecular weight is 631 g/mol. The van der Waals surface area contributed by atoms with Gasteiger partial charge in [-0.25, -0.2) is 19.9 Å². The van der Waals surface area contributed by atoms with Gasteiger partial charge in [-0.05, 0) is 58.0 Å². The minimum atomic E-state index is -0.137. The number of benzene rings is 5. The van der Waals surface area contributed by atoms with E-state index in [1.54, 1.807) is 0 Å². The van der Waals surface area contributed by atoms with E-state index in [1.807, 2.05) is 24.3 Å². The van der Waals surface area contributed by atoms with Crippen LogP contribution < -0.4 is 0 Å². The standard InChI is InChI=1S/C45H34N4/c1-45(2)38-24-13-12-23-34(38)35-26-36-37(27-40(30-17-8-4-9-18-30)46-41(36)28-39(35)45)44-48-42(31-19-10-5-11-20-31)47-43(49-44)33-22-14-21-32(25-33)29-15-6-3-7-16-29/h3-24,26-28,32H,25H2,1-2H3. The molecule has 49 heavy (non-hydrogen) atoms. The van der Waals surface area contributed by atoms with Gasteiger partial charge in [-0.15, -0.1) is 0 Å². The van der Waals surface area contributed by atoms with Gasteiger partial charge in [0.25, 0.3) is 0 Å². The van der Waals surface area contributed by atoms with Gasteiger partial charge < -0.3 is 0 Å². The van der Waals surface area contributed by atoms with Crippen molar-refractivity contribution in [3.8, 4) is 45.2 Å². The first-order chi connectivity index (χ1) is 24.0. The van der Waals surface area contributed by atoms with Crippen molar-refractivity contribution >= 4 is 16.5 Å². The molecule has 5 aromatic carbocycles. The second-order valence-corrected chi connectivity index (χ2v) is 13.5. The van der Waals surface area contributed by atoms with E-state index in [0.29, 0.717) is 17.5 Å². The van der Waals surface area contributed by atoms with Crippen LogP contribution in [0.4, 0.5) is 0 Å². The van der Waals surface area contributed by atoms with Gasteiger partial charge in [-0.3, -0.25) is 0 Å². The Morgan fingerprint density at radius 2 is 1.20 bits per heavy atom. The van der Waals surface area contributed by atoms with Gasteiger partial charge in [0.2, 0.25) is 0 Å². The molecule has 0 radical (unpaired) electrons. The van der Waals surface area contributed by atoms with Gasteiger partial charge >= 0.3 is 0 Å². The maximum atomic E-state index is 5.28. The number of fused-ring (bicyclic) bond motifs is 4. The number of nitrogens with zero attached hydrogens (tertiary/aromatic N) is 4. The molecule has 0 saturated heterocycles. The van der Waals surface area contributed by atoms with Crippen molar-refractivity contribution in [2.75, 3.05) is 0 Å². The first-order valence-corrected chi connectivity index (χ1v) is 16.9. The predicted molar refractivity (Wildman–Crippen MR) is 200 cm³/mol. The number of rotatable bonds is 5. The third kappa shape index (κ3) is 5.08. The maximum Gasteiger partial charge on any atom is 0.164 e. The van der Waals surface area contributed by atoms with E-state index in [-0.39, 0.29) is 11.3 Å². The molecule has 7 aromatic rings. The van der Waals surface area contributed by atoms with E-state index in [0.717, 1.165) is 45.3 Å². The summed E-state index contributed by atoms with van der Waals surface area (Å²) < 4.78 is 0. The van der Waals surface area contributed by atoms with Gasteiger partial charge in [-0.2, -0.15) is 0 Å². The first kappa shape index (κ1) is 29.2. The Morgan fingerprint density at radius 3 is 1.98 bits per heavy atom. The lowest BCUT2D eigenvalue weighted by atomic mass is 9.82. The van der Waals surface area contributed by atoms with Crippen molar-refractivity contribution in [2.24, 2.45) is 0 Å². The summed E-state index contributed by atoms with van der Waals surface area (Å²) in [5, 5.41) is 1.03. The van der Waals surface area contributed by atoms with E-state index in [4.69, 9.17) is 19.9 Å². The molecule has 2 aromatic heterocycles. The topological polar surface area (TPSA) is 51.6 Å². The lowest BCUT2D eigenvalue weighted by molar-refractivity contribution is 0.661. The summed E-state index contributed by atoms with van der Waals surface area (Å²) in [6.07, 6.45) is 7.37. The highest BCUT2D eigenvalue weighted by atomic mass is 15.0. The van der Waals surface area contributed by atoms with Crippen LogP contribution in [0.3, 0.4) is 0 Å². The van der Waals surface area contributed by atoms with Crippen molar-refractivity contribution in [3.63, 3.8) is 0 Å². The fraction of sp³-hybridized carbons (Fsp3) is 0.111. The number of hydrogen-bond donors (Lipinski definition) is 0.